The quantitative estimate of drug-likeness (QED) is 0.794. The maximum atomic E-state index is 12.1. The first-order chi connectivity index (χ1) is 13.8. The molecule has 0 unspecified atom stereocenters. The van der Waals surface area contributed by atoms with Crippen LogP contribution in [0.4, 0.5) is 11.6 Å². The molecule has 1 aliphatic heterocycles. The fourth-order valence-electron chi connectivity index (χ4n) is 4.03. The molecule has 2 aromatic rings. The number of methoxy groups -OCH3 is 1. The van der Waals surface area contributed by atoms with Crippen molar-refractivity contribution in [1.29, 1.82) is 0 Å². The Morgan fingerprint density at radius 1 is 1.31 bits per heavy atom. The summed E-state index contributed by atoms with van der Waals surface area (Å²) in [6, 6.07) is 3.67. The number of fused-ring (bicyclic) bond motifs is 1. The Bertz CT molecular complexity index is 905. The summed E-state index contributed by atoms with van der Waals surface area (Å²) in [7, 11) is 1.76. The van der Waals surface area contributed by atoms with Crippen molar-refractivity contribution in [3.63, 3.8) is 0 Å². The molecule has 2 N–H and O–H groups in total. The number of aromatic nitrogens is 3. The summed E-state index contributed by atoms with van der Waals surface area (Å²) in [4.78, 5) is 27.7. The number of pyridine rings is 1. The summed E-state index contributed by atoms with van der Waals surface area (Å²) in [5.41, 5.74) is 1.09. The number of nitrogens with one attached hydrogen (secondary N) is 1. The lowest BCUT2D eigenvalue weighted by molar-refractivity contribution is -0.115. The van der Waals surface area contributed by atoms with Crippen LogP contribution in [-0.4, -0.2) is 52.3 Å². The number of hydrogen-bond donors (Lipinski definition) is 2. The maximum Gasteiger partial charge on any atom is 0.245 e. The number of amides is 1. The van der Waals surface area contributed by atoms with E-state index in [2.05, 4.69) is 15.3 Å². The summed E-state index contributed by atoms with van der Waals surface area (Å²) in [5.74, 6) is 1.58. The number of carbonyl (C=O) groups excluding carboxylic acids is 1. The van der Waals surface area contributed by atoms with Gasteiger partial charge in [-0.1, -0.05) is 0 Å². The number of aliphatic hydroxyl groups is 1. The molecule has 0 aromatic carbocycles. The third-order valence-corrected chi connectivity index (χ3v) is 5.64. The highest BCUT2D eigenvalue weighted by molar-refractivity contribution is 5.99. The largest absolute Gasteiger partial charge is 0.384 e. The normalized spacial score (nSPS) is 21.8. The van der Waals surface area contributed by atoms with E-state index in [1.54, 1.807) is 39.4 Å². The first-order valence-electron chi connectivity index (χ1n) is 9.97. The van der Waals surface area contributed by atoms with Gasteiger partial charge in [0.1, 0.15) is 5.60 Å². The molecular weight excluding hydrogens is 370 g/mol. The van der Waals surface area contributed by atoms with Gasteiger partial charge in [0.15, 0.2) is 11.6 Å². The Kier molecular flexibility index (Phi) is 5.23. The molecule has 2 aromatic heterocycles. The third-order valence-electron chi connectivity index (χ3n) is 5.64. The van der Waals surface area contributed by atoms with Crippen LogP contribution in [0.2, 0.25) is 0 Å². The second kappa shape index (κ2) is 7.68. The van der Waals surface area contributed by atoms with Crippen LogP contribution in [0, 0.1) is 5.92 Å². The second-order valence-corrected chi connectivity index (χ2v) is 8.38. The Labute approximate surface area is 173 Å². The van der Waals surface area contributed by atoms with E-state index in [0.717, 1.165) is 31.4 Å². The molecule has 8 heteroatoms. The number of nitrogens with zero attached hydrogens (tertiary/aromatic N) is 4. The minimum absolute atomic E-state index is 0. The van der Waals surface area contributed by atoms with Crippen LogP contribution < -0.4 is 10.2 Å². The number of rotatable bonds is 5. The third kappa shape index (κ3) is 4.23. The summed E-state index contributed by atoms with van der Waals surface area (Å²) < 4.78 is 5.48. The van der Waals surface area contributed by atoms with E-state index in [4.69, 9.17) is 9.72 Å². The Balaban J connectivity index is 0.00000171. The molecule has 158 valence electrons. The van der Waals surface area contributed by atoms with Crippen LogP contribution in [0.5, 0.6) is 0 Å². The van der Waals surface area contributed by atoms with E-state index in [-0.39, 0.29) is 15.3 Å². The smallest absolute Gasteiger partial charge is 0.245 e. The van der Waals surface area contributed by atoms with E-state index in [1.807, 2.05) is 11.0 Å². The Morgan fingerprint density at radius 3 is 2.79 bits per heavy atom. The predicted molar refractivity (Wildman–Crippen MR) is 114 cm³/mol. The highest BCUT2D eigenvalue weighted by Crippen LogP contribution is 2.33. The fourth-order valence-corrected chi connectivity index (χ4v) is 4.03. The van der Waals surface area contributed by atoms with Crippen molar-refractivity contribution in [3.8, 4) is 11.3 Å². The van der Waals surface area contributed by atoms with E-state index in [0.29, 0.717) is 35.0 Å². The summed E-state index contributed by atoms with van der Waals surface area (Å²) >= 11 is 0. The SMILES string of the molecule is CO[C@@H]1CC[C@@H](CN2CC(=O)Nc3ncc(-c4ccc(C(C)(C)O)nc4)nc32)C1.[HH].[HH]. The van der Waals surface area contributed by atoms with E-state index in [9.17, 15) is 9.90 Å². The average molecular weight is 402 g/mol. The molecule has 1 saturated carbocycles. The molecule has 0 spiro atoms. The predicted octanol–water partition coefficient (Wildman–Crippen LogP) is 2.83. The van der Waals surface area contributed by atoms with Crippen molar-refractivity contribution in [2.24, 2.45) is 5.92 Å². The molecule has 1 fully saturated rings. The van der Waals surface area contributed by atoms with Gasteiger partial charge in [-0.3, -0.25) is 9.78 Å². The first-order valence-corrected chi connectivity index (χ1v) is 9.97. The van der Waals surface area contributed by atoms with E-state index >= 15 is 0 Å². The monoisotopic (exact) mass is 401 g/mol. The molecule has 1 aliphatic carbocycles. The lowest BCUT2D eigenvalue weighted by Crippen LogP contribution is -2.41. The van der Waals surface area contributed by atoms with Gasteiger partial charge >= 0.3 is 0 Å². The van der Waals surface area contributed by atoms with Gasteiger partial charge in [-0.2, -0.15) is 0 Å². The molecule has 1 amide bonds. The zero-order valence-corrected chi connectivity index (χ0v) is 17.1. The second-order valence-electron chi connectivity index (χ2n) is 8.38. The molecule has 29 heavy (non-hydrogen) atoms. The van der Waals surface area contributed by atoms with Gasteiger partial charge in [-0.25, -0.2) is 9.97 Å². The van der Waals surface area contributed by atoms with Crippen LogP contribution >= 0.6 is 0 Å². The molecular formula is C21H31N5O3. The minimum atomic E-state index is -0.998. The molecule has 8 nitrogen and oxygen atoms in total. The Morgan fingerprint density at radius 2 is 2.14 bits per heavy atom. The highest BCUT2D eigenvalue weighted by atomic mass is 16.5. The van der Waals surface area contributed by atoms with Gasteiger partial charge in [-0.05, 0) is 51.2 Å². The van der Waals surface area contributed by atoms with Gasteiger partial charge in [0.25, 0.3) is 0 Å². The number of anilines is 2. The number of carbonyl (C=O) groups is 1. The standard InChI is InChI=1S/C21H27N5O3.2H2/c1-21(2,28)17-7-5-14(9-22-17)16-10-23-19-20(24-16)26(12-18(27)25-19)11-13-4-6-15(8-13)29-3;;/h5,7,9-10,13,15,28H,4,6,8,11-12H2,1-3H3,(H,23,25,27);2*1H/t13-,15-;;/m1../s1. The molecule has 2 atom stereocenters. The lowest BCUT2D eigenvalue weighted by atomic mass is 10.0. The van der Waals surface area contributed by atoms with Crippen molar-refractivity contribution in [2.75, 3.05) is 30.4 Å². The fraction of sp³-hybridized carbons (Fsp3) is 0.524. The van der Waals surface area contributed by atoms with E-state index in [1.165, 1.54) is 0 Å². The minimum Gasteiger partial charge on any atom is -0.384 e. The first kappa shape index (κ1) is 19.7. The molecule has 0 radical (unpaired) electrons. The van der Waals surface area contributed by atoms with Crippen molar-refractivity contribution in [1.82, 2.24) is 15.0 Å². The lowest BCUT2D eigenvalue weighted by Gasteiger charge is -2.31. The van der Waals surface area contributed by atoms with Gasteiger partial charge in [0.2, 0.25) is 5.91 Å². The van der Waals surface area contributed by atoms with Crippen molar-refractivity contribution < 1.29 is 17.5 Å². The molecule has 4 rings (SSSR count). The molecule has 0 bridgehead atoms. The van der Waals surface area contributed by atoms with Crippen LogP contribution in [0.3, 0.4) is 0 Å². The van der Waals surface area contributed by atoms with Gasteiger partial charge in [-0.15, -0.1) is 0 Å². The van der Waals surface area contributed by atoms with E-state index < -0.39 is 5.60 Å². The molecule has 2 aliphatic rings. The highest BCUT2D eigenvalue weighted by Gasteiger charge is 2.31. The topological polar surface area (TPSA) is 100 Å². The number of hydrogen-bond acceptors (Lipinski definition) is 7. The average Bonchev–Trinajstić information content (AvgIpc) is 3.15. The van der Waals surface area contributed by atoms with Crippen molar-refractivity contribution >= 4 is 17.5 Å². The molecule has 0 saturated heterocycles. The van der Waals surface area contributed by atoms with Crippen molar-refractivity contribution in [2.45, 2.75) is 44.8 Å². The van der Waals surface area contributed by atoms with Crippen LogP contribution in [0.1, 0.15) is 41.7 Å². The van der Waals surface area contributed by atoms with Gasteiger partial charge < -0.3 is 20.1 Å². The zero-order valence-electron chi connectivity index (χ0n) is 17.1. The van der Waals surface area contributed by atoms with Gasteiger partial charge in [0.05, 0.1) is 30.2 Å². The van der Waals surface area contributed by atoms with Crippen LogP contribution in [-0.2, 0) is 15.1 Å². The van der Waals surface area contributed by atoms with Crippen LogP contribution in [0.15, 0.2) is 24.5 Å². The zero-order chi connectivity index (χ0) is 20.6. The maximum absolute atomic E-state index is 12.1. The summed E-state index contributed by atoms with van der Waals surface area (Å²) in [5, 5.41) is 12.9. The summed E-state index contributed by atoms with van der Waals surface area (Å²) in [6.07, 6.45) is 6.77. The Hall–Kier alpha value is -2.58. The summed E-state index contributed by atoms with van der Waals surface area (Å²) in [6.45, 7) is 4.43. The number of ether oxygens (including phenoxy) is 1. The van der Waals surface area contributed by atoms with Gasteiger partial charge in [0, 0.05) is 28.3 Å². The van der Waals surface area contributed by atoms with Crippen molar-refractivity contribution in [3.05, 3.63) is 30.2 Å². The molecule has 3 heterocycles. The van der Waals surface area contributed by atoms with Crippen LogP contribution in [0.25, 0.3) is 11.3 Å².